The van der Waals surface area contributed by atoms with Gasteiger partial charge in [-0.25, -0.2) is 4.98 Å². The number of hydrogen-bond acceptors (Lipinski definition) is 5. The fourth-order valence-electron chi connectivity index (χ4n) is 2.08. The Morgan fingerprint density at radius 1 is 1.00 bits per heavy atom. The van der Waals surface area contributed by atoms with Gasteiger partial charge in [-0.15, -0.1) is 0 Å². The van der Waals surface area contributed by atoms with Crippen LogP contribution in [0.5, 0.6) is 17.4 Å². The molecule has 0 aliphatic heterocycles. The summed E-state index contributed by atoms with van der Waals surface area (Å²) in [5, 5.41) is 18.2. The molecule has 0 bridgehead atoms. The highest BCUT2D eigenvalue weighted by Crippen LogP contribution is 2.19. The van der Waals surface area contributed by atoms with Crippen molar-refractivity contribution in [3.05, 3.63) is 72.2 Å². The summed E-state index contributed by atoms with van der Waals surface area (Å²) in [7, 11) is 1.50. The van der Waals surface area contributed by atoms with Gasteiger partial charge in [-0.1, -0.05) is 52.0 Å². The molecule has 1 aromatic carbocycles. The minimum atomic E-state index is -0.126. The van der Waals surface area contributed by atoms with E-state index in [9.17, 15) is 5.11 Å². The van der Waals surface area contributed by atoms with Crippen molar-refractivity contribution in [2.24, 2.45) is 4.99 Å². The molecule has 0 atom stereocenters. The first-order valence-electron chi connectivity index (χ1n) is 9.45. The third-order valence-corrected chi connectivity index (χ3v) is 3.29. The molecule has 0 fully saturated rings. The van der Waals surface area contributed by atoms with Gasteiger partial charge in [-0.3, -0.25) is 5.41 Å². The van der Waals surface area contributed by atoms with Gasteiger partial charge in [0.1, 0.15) is 22.9 Å². The molecule has 0 saturated carbocycles. The summed E-state index contributed by atoms with van der Waals surface area (Å²) in [5.74, 6) is 0.815. The van der Waals surface area contributed by atoms with Crippen molar-refractivity contribution in [2.45, 2.75) is 27.7 Å². The van der Waals surface area contributed by atoms with Gasteiger partial charge in [0.2, 0.25) is 11.8 Å². The highest BCUT2D eigenvalue weighted by molar-refractivity contribution is 6.08. The molecular weight excluding hydrogens is 368 g/mol. The largest absolute Gasteiger partial charge is 0.506 e. The molecule has 0 saturated heterocycles. The molecular formula is C22H28N4O3. The van der Waals surface area contributed by atoms with Crippen molar-refractivity contribution < 1.29 is 14.6 Å². The predicted octanol–water partition coefficient (Wildman–Crippen LogP) is 5.03. The Bertz CT molecular complexity index is 905. The first kappa shape index (κ1) is 23.4. The zero-order valence-corrected chi connectivity index (χ0v) is 17.4. The quantitative estimate of drug-likeness (QED) is 0.425. The zero-order valence-electron chi connectivity index (χ0n) is 17.4. The van der Waals surface area contributed by atoms with Crippen LogP contribution in [-0.4, -0.2) is 33.9 Å². The summed E-state index contributed by atoms with van der Waals surface area (Å²) >= 11 is 0. The summed E-state index contributed by atoms with van der Waals surface area (Å²) < 4.78 is 10.8. The molecule has 3 N–H and O–H groups in total. The molecule has 3 rings (SSSR count). The maximum Gasteiger partial charge on any atom is 0.249 e. The molecule has 0 radical (unpaired) electrons. The van der Waals surface area contributed by atoms with Gasteiger partial charge in [0.15, 0.2) is 5.84 Å². The van der Waals surface area contributed by atoms with E-state index in [4.69, 9.17) is 14.9 Å². The van der Waals surface area contributed by atoms with E-state index < -0.39 is 0 Å². The van der Waals surface area contributed by atoms with Crippen molar-refractivity contribution in [1.29, 1.82) is 5.41 Å². The standard InChI is InChI=1S/C18H16N4O3.2C2H6/c1-24-15-9-5-8-13(21-15)17(19)22-18(16-14(23)10-11-20-16)25-12-6-3-2-4-7-12;2*1-2/h2-11,19-20,23H,1H3;2*1-2H3. The Morgan fingerprint density at radius 3 is 2.28 bits per heavy atom. The minimum absolute atomic E-state index is 0.0268. The number of hydrogen-bond donors (Lipinski definition) is 3. The number of para-hydroxylation sites is 1. The van der Waals surface area contributed by atoms with Crippen LogP contribution in [0.3, 0.4) is 0 Å². The average Bonchev–Trinajstić information content (AvgIpc) is 3.22. The van der Waals surface area contributed by atoms with Crippen molar-refractivity contribution in [3.8, 4) is 17.4 Å². The molecule has 0 aliphatic rings. The van der Waals surface area contributed by atoms with Crippen LogP contribution in [-0.2, 0) is 0 Å². The lowest BCUT2D eigenvalue weighted by Gasteiger charge is -2.09. The molecule has 29 heavy (non-hydrogen) atoms. The lowest BCUT2D eigenvalue weighted by atomic mass is 10.3. The molecule has 0 unspecified atom stereocenters. The first-order chi connectivity index (χ1) is 14.2. The van der Waals surface area contributed by atoms with Gasteiger partial charge in [0.25, 0.3) is 0 Å². The Balaban J connectivity index is 0.000000989. The molecule has 2 aromatic heterocycles. The number of rotatable bonds is 4. The highest BCUT2D eigenvalue weighted by atomic mass is 16.5. The summed E-state index contributed by atoms with van der Waals surface area (Å²) in [4.78, 5) is 11.2. The number of aliphatic imine (C=N–C) groups is 1. The zero-order chi connectivity index (χ0) is 21.6. The van der Waals surface area contributed by atoms with Gasteiger partial charge in [0, 0.05) is 12.3 Å². The minimum Gasteiger partial charge on any atom is -0.506 e. The van der Waals surface area contributed by atoms with Crippen LogP contribution < -0.4 is 9.47 Å². The summed E-state index contributed by atoms with van der Waals surface area (Å²) in [5.41, 5.74) is 0.594. The Labute approximate surface area is 171 Å². The third kappa shape index (κ3) is 6.80. The number of aromatic hydroxyl groups is 1. The Morgan fingerprint density at radius 2 is 1.69 bits per heavy atom. The SMILES string of the molecule is CC.CC.COc1cccc(C(=N)N=C(Oc2ccccc2)c2[nH]ccc2O)n1. The monoisotopic (exact) mass is 396 g/mol. The molecule has 3 aromatic rings. The van der Waals surface area contributed by atoms with Crippen molar-refractivity contribution >= 4 is 11.7 Å². The maximum absolute atomic E-state index is 9.97. The van der Waals surface area contributed by atoms with E-state index in [0.717, 1.165) is 0 Å². The summed E-state index contributed by atoms with van der Waals surface area (Å²) in [6.45, 7) is 8.00. The normalized spacial score (nSPS) is 10.0. The second-order valence-electron chi connectivity index (χ2n) is 4.98. The van der Waals surface area contributed by atoms with Crippen LogP contribution in [0.15, 0.2) is 65.8 Å². The number of ether oxygens (including phenoxy) is 2. The number of nitrogens with one attached hydrogen (secondary N) is 2. The molecule has 154 valence electrons. The summed E-state index contributed by atoms with van der Waals surface area (Å²) in [6.07, 6.45) is 1.56. The third-order valence-electron chi connectivity index (χ3n) is 3.29. The molecule has 0 spiro atoms. The number of benzene rings is 1. The fourth-order valence-corrected chi connectivity index (χ4v) is 2.08. The second kappa shape index (κ2) is 12.7. The average molecular weight is 396 g/mol. The number of amidine groups is 1. The topological polar surface area (TPSA) is 104 Å². The molecule has 7 nitrogen and oxygen atoms in total. The van der Waals surface area contributed by atoms with E-state index in [1.807, 2.05) is 45.9 Å². The van der Waals surface area contributed by atoms with Crippen molar-refractivity contribution in [1.82, 2.24) is 9.97 Å². The maximum atomic E-state index is 9.97. The van der Waals surface area contributed by atoms with Crippen molar-refractivity contribution in [3.63, 3.8) is 0 Å². The van der Waals surface area contributed by atoms with Crippen LogP contribution in [0.4, 0.5) is 0 Å². The number of pyridine rings is 1. The van der Waals surface area contributed by atoms with Crippen LogP contribution in [0.1, 0.15) is 39.1 Å². The van der Waals surface area contributed by atoms with Crippen LogP contribution >= 0.6 is 0 Å². The highest BCUT2D eigenvalue weighted by Gasteiger charge is 2.15. The first-order valence-corrected chi connectivity index (χ1v) is 9.45. The van der Waals surface area contributed by atoms with Crippen molar-refractivity contribution in [2.75, 3.05) is 7.11 Å². The Kier molecular flexibility index (Phi) is 10.3. The van der Waals surface area contributed by atoms with E-state index in [-0.39, 0.29) is 23.2 Å². The van der Waals surface area contributed by atoms with E-state index in [0.29, 0.717) is 17.3 Å². The lowest BCUT2D eigenvalue weighted by Crippen LogP contribution is -2.14. The summed E-state index contributed by atoms with van der Waals surface area (Å²) in [6, 6.07) is 15.5. The van der Waals surface area contributed by atoms with Gasteiger partial charge in [-0.05, 0) is 24.3 Å². The number of aromatic amines is 1. The second-order valence-corrected chi connectivity index (χ2v) is 4.98. The van der Waals surface area contributed by atoms with E-state index >= 15 is 0 Å². The Hall–Kier alpha value is -3.61. The predicted molar refractivity (Wildman–Crippen MR) is 116 cm³/mol. The van der Waals surface area contributed by atoms with Gasteiger partial charge in [-0.2, -0.15) is 4.99 Å². The fraction of sp³-hybridized carbons (Fsp3) is 0.227. The van der Waals surface area contributed by atoms with Crippen LogP contribution in [0, 0.1) is 5.41 Å². The molecule has 0 aliphatic carbocycles. The van der Waals surface area contributed by atoms with Crippen LogP contribution in [0.2, 0.25) is 0 Å². The van der Waals surface area contributed by atoms with E-state index in [1.165, 1.54) is 13.2 Å². The number of nitrogens with zero attached hydrogens (tertiary/aromatic N) is 2. The smallest absolute Gasteiger partial charge is 0.249 e. The van der Waals surface area contributed by atoms with Gasteiger partial charge >= 0.3 is 0 Å². The number of H-pyrrole nitrogens is 1. The number of aromatic nitrogens is 2. The van der Waals surface area contributed by atoms with Gasteiger partial charge < -0.3 is 19.6 Å². The van der Waals surface area contributed by atoms with E-state index in [2.05, 4.69) is 15.0 Å². The number of methoxy groups -OCH3 is 1. The lowest BCUT2D eigenvalue weighted by molar-refractivity contribution is 0.397. The van der Waals surface area contributed by atoms with Crippen LogP contribution in [0.25, 0.3) is 0 Å². The molecule has 7 heteroatoms. The van der Waals surface area contributed by atoms with E-state index in [1.54, 1.807) is 36.5 Å². The molecule has 2 heterocycles. The molecule has 0 amide bonds. The van der Waals surface area contributed by atoms with Gasteiger partial charge in [0.05, 0.1) is 7.11 Å².